The first-order chi connectivity index (χ1) is 6.63. The van der Waals surface area contributed by atoms with E-state index >= 15 is 0 Å². The Bertz CT molecular complexity index is 240. The third kappa shape index (κ3) is 1.74. The zero-order chi connectivity index (χ0) is 10.7. The number of urea groups is 1. The van der Waals surface area contributed by atoms with Crippen molar-refractivity contribution in [3.05, 3.63) is 0 Å². The topological polar surface area (TPSA) is 40.6 Å². The standard InChI is InChI=1S/C10H18N2O2/c1-4-6-7-12-9(13)8(5-2)11(3)10(12)14/h8H,4-7H2,1-3H3. The Balaban J connectivity index is 2.68. The molecule has 1 rings (SSSR count). The maximum absolute atomic E-state index is 11.7. The van der Waals surface area contributed by atoms with Crippen molar-refractivity contribution in [2.24, 2.45) is 0 Å². The van der Waals surface area contributed by atoms with Gasteiger partial charge >= 0.3 is 6.03 Å². The first-order valence-electron chi connectivity index (χ1n) is 5.21. The lowest BCUT2D eigenvalue weighted by atomic mass is 10.2. The summed E-state index contributed by atoms with van der Waals surface area (Å²) in [5.41, 5.74) is 0. The minimum atomic E-state index is -0.237. The number of rotatable bonds is 4. The summed E-state index contributed by atoms with van der Waals surface area (Å²) in [5.74, 6) is -0.0338. The third-order valence-corrected chi connectivity index (χ3v) is 2.67. The molecule has 80 valence electrons. The van der Waals surface area contributed by atoms with Crippen molar-refractivity contribution in [1.29, 1.82) is 0 Å². The van der Waals surface area contributed by atoms with E-state index in [2.05, 4.69) is 0 Å². The summed E-state index contributed by atoms with van der Waals surface area (Å²) in [4.78, 5) is 26.3. The molecule has 1 heterocycles. The maximum Gasteiger partial charge on any atom is 0.327 e. The molecule has 1 unspecified atom stereocenters. The number of carbonyl (C=O) groups is 2. The van der Waals surface area contributed by atoms with Crippen LogP contribution < -0.4 is 0 Å². The number of imide groups is 1. The second kappa shape index (κ2) is 4.44. The van der Waals surface area contributed by atoms with Crippen LogP contribution in [0.2, 0.25) is 0 Å². The minimum absolute atomic E-state index is 0.0338. The van der Waals surface area contributed by atoms with Crippen molar-refractivity contribution in [3.8, 4) is 0 Å². The molecule has 0 aromatic rings. The molecule has 0 aromatic carbocycles. The minimum Gasteiger partial charge on any atom is -0.315 e. The molecule has 1 fully saturated rings. The summed E-state index contributed by atoms with van der Waals surface area (Å²) in [6.45, 7) is 4.54. The van der Waals surface area contributed by atoms with E-state index in [0.29, 0.717) is 13.0 Å². The average Bonchev–Trinajstić information content (AvgIpc) is 2.37. The van der Waals surface area contributed by atoms with Gasteiger partial charge in [-0.3, -0.25) is 9.69 Å². The van der Waals surface area contributed by atoms with Crippen molar-refractivity contribution in [3.63, 3.8) is 0 Å². The van der Waals surface area contributed by atoms with Crippen LogP contribution in [-0.4, -0.2) is 41.4 Å². The van der Waals surface area contributed by atoms with Crippen LogP contribution >= 0.6 is 0 Å². The number of unbranched alkanes of at least 4 members (excludes halogenated alkanes) is 1. The molecule has 0 spiro atoms. The van der Waals surface area contributed by atoms with Gasteiger partial charge in [0, 0.05) is 13.6 Å². The van der Waals surface area contributed by atoms with Crippen molar-refractivity contribution in [1.82, 2.24) is 9.80 Å². The van der Waals surface area contributed by atoms with Crippen LogP contribution in [0.5, 0.6) is 0 Å². The molecule has 0 radical (unpaired) electrons. The lowest BCUT2D eigenvalue weighted by molar-refractivity contribution is -0.128. The summed E-state index contributed by atoms with van der Waals surface area (Å²) in [5, 5.41) is 0. The van der Waals surface area contributed by atoms with E-state index in [-0.39, 0.29) is 18.0 Å². The zero-order valence-electron chi connectivity index (χ0n) is 9.12. The first-order valence-corrected chi connectivity index (χ1v) is 5.21. The van der Waals surface area contributed by atoms with Gasteiger partial charge in [0.1, 0.15) is 6.04 Å². The second-order valence-corrected chi connectivity index (χ2v) is 3.66. The molecule has 0 bridgehead atoms. The molecule has 0 N–H and O–H groups in total. The highest BCUT2D eigenvalue weighted by atomic mass is 16.2. The Kier molecular flexibility index (Phi) is 3.49. The van der Waals surface area contributed by atoms with Gasteiger partial charge < -0.3 is 4.90 Å². The van der Waals surface area contributed by atoms with Crippen LogP contribution in [0.25, 0.3) is 0 Å². The van der Waals surface area contributed by atoms with Gasteiger partial charge in [-0.15, -0.1) is 0 Å². The number of hydrogen-bond donors (Lipinski definition) is 0. The Labute approximate surface area is 84.9 Å². The molecule has 1 atom stereocenters. The van der Waals surface area contributed by atoms with Crippen LogP contribution in [0.4, 0.5) is 4.79 Å². The van der Waals surface area contributed by atoms with Crippen molar-refractivity contribution < 1.29 is 9.59 Å². The predicted molar refractivity (Wildman–Crippen MR) is 53.9 cm³/mol. The van der Waals surface area contributed by atoms with Crippen LogP contribution in [0, 0.1) is 0 Å². The van der Waals surface area contributed by atoms with Gasteiger partial charge in [0.15, 0.2) is 0 Å². The fourth-order valence-corrected chi connectivity index (χ4v) is 1.73. The van der Waals surface area contributed by atoms with Crippen LogP contribution in [0.1, 0.15) is 33.1 Å². The number of nitrogens with zero attached hydrogens (tertiary/aromatic N) is 2. The Hall–Kier alpha value is -1.06. The third-order valence-electron chi connectivity index (χ3n) is 2.67. The van der Waals surface area contributed by atoms with Gasteiger partial charge in [-0.25, -0.2) is 4.79 Å². The molecule has 3 amide bonds. The highest BCUT2D eigenvalue weighted by Crippen LogP contribution is 2.18. The molecule has 1 saturated heterocycles. The summed E-state index contributed by atoms with van der Waals surface area (Å²) >= 11 is 0. The molecule has 0 aliphatic carbocycles. The molecule has 4 heteroatoms. The van der Waals surface area contributed by atoms with E-state index in [1.807, 2.05) is 13.8 Å². The molecule has 14 heavy (non-hydrogen) atoms. The van der Waals surface area contributed by atoms with Crippen LogP contribution in [0.3, 0.4) is 0 Å². The van der Waals surface area contributed by atoms with Gasteiger partial charge in [-0.05, 0) is 12.8 Å². The van der Waals surface area contributed by atoms with Crippen molar-refractivity contribution in [2.45, 2.75) is 39.2 Å². The lowest BCUT2D eigenvalue weighted by Gasteiger charge is -2.13. The number of amides is 3. The summed E-state index contributed by atoms with van der Waals surface area (Å²) in [6.07, 6.45) is 2.59. The maximum atomic E-state index is 11.7. The summed E-state index contributed by atoms with van der Waals surface area (Å²) in [7, 11) is 1.69. The summed E-state index contributed by atoms with van der Waals surface area (Å²) in [6, 6.07) is -0.380. The van der Waals surface area contributed by atoms with Gasteiger partial charge in [-0.1, -0.05) is 20.3 Å². The SMILES string of the molecule is CCCCN1C(=O)C(CC)N(C)C1=O. The average molecular weight is 198 g/mol. The van der Waals surface area contributed by atoms with Gasteiger partial charge in [-0.2, -0.15) is 0 Å². The predicted octanol–water partition coefficient (Wildman–Crippen LogP) is 1.46. The number of hydrogen-bond acceptors (Lipinski definition) is 2. The van der Waals surface area contributed by atoms with Crippen molar-refractivity contribution >= 4 is 11.9 Å². The van der Waals surface area contributed by atoms with Crippen LogP contribution in [-0.2, 0) is 4.79 Å². The van der Waals surface area contributed by atoms with Crippen LogP contribution in [0.15, 0.2) is 0 Å². The molecule has 4 nitrogen and oxygen atoms in total. The molecule has 0 aromatic heterocycles. The molecule has 1 aliphatic rings. The zero-order valence-corrected chi connectivity index (χ0v) is 9.12. The largest absolute Gasteiger partial charge is 0.327 e. The first kappa shape index (κ1) is 11.0. The molecular weight excluding hydrogens is 180 g/mol. The normalized spacial score (nSPS) is 22.4. The lowest BCUT2D eigenvalue weighted by Crippen LogP contribution is -2.32. The smallest absolute Gasteiger partial charge is 0.315 e. The highest BCUT2D eigenvalue weighted by molar-refractivity contribution is 6.03. The Morgan fingerprint density at radius 3 is 2.36 bits per heavy atom. The fraction of sp³-hybridized carbons (Fsp3) is 0.800. The molecular formula is C10H18N2O2. The van der Waals surface area contributed by atoms with Gasteiger partial charge in [0.25, 0.3) is 5.91 Å². The van der Waals surface area contributed by atoms with Gasteiger partial charge in [0.2, 0.25) is 0 Å². The van der Waals surface area contributed by atoms with E-state index < -0.39 is 0 Å². The second-order valence-electron chi connectivity index (χ2n) is 3.66. The monoisotopic (exact) mass is 198 g/mol. The molecule has 1 aliphatic heterocycles. The van der Waals surface area contributed by atoms with E-state index in [0.717, 1.165) is 12.8 Å². The van der Waals surface area contributed by atoms with Crippen molar-refractivity contribution in [2.75, 3.05) is 13.6 Å². The number of likely N-dealkylation sites (N-methyl/N-ethyl adjacent to an activating group) is 1. The van der Waals surface area contributed by atoms with E-state index in [1.54, 1.807) is 7.05 Å². The van der Waals surface area contributed by atoms with E-state index in [1.165, 1.54) is 9.80 Å². The number of carbonyl (C=O) groups excluding carboxylic acids is 2. The quantitative estimate of drug-likeness (QED) is 0.642. The Morgan fingerprint density at radius 2 is 1.93 bits per heavy atom. The fourth-order valence-electron chi connectivity index (χ4n) is 1.73. The molecule has 0 saturated carbocycles. The highest BCUT2D eigenvalue weighted by Gasteiger charge is 2.41. The Morgan fingerprint density at radius 1 is 1.29 bits per heavy atom. The van der Waals surface area contributed by atoms with Gasteiger partial charge in [0.05, 0.1) is 0 Å². The van der Waals surface area contributed by atoms with E-state index in [4.69, 9.17) is 0 Å². The van der Waals surface area contributed by atoms with E-state index in [9.17, 15) is 9.59 Å². The summed E-state index contributed by atoms with van der Waals surface area (Å²) < 4.78 is 0.